The van der Waals surface area contributed by atoms with E-state index in [-0.39, 0.29) is 0 Å². The first-order chi connectivity index (χ1) is 10.9. The van der Waals surface area contributed by atoms with Gasteiger partial charge in [0.1, 0.15) is 0 Å². The van der Waals surface area contributed by atoms with Gasteiger partial charge in [-0.25, -0.2) is 0 Å². The molecule has 0 spiro atoms. The molecule has 0 aliphatic carbocycles. The Labute approximate surface area is 135 Å². The number of nitrogens with zero attached hydrogens (tertiary/aromatic N) is 1. The first-order valence-corrected chi connectivity index (χ1v) is 8.08. The number of hydrogen-bond acceptors (Lipinski definition) is 2. The highest BCUT2D eigenvalue weighted by Crippen LogP contribution is 2.41. The highest BCUT2D eigenvalue weighted by atomic mass is 32.2. The maximum absolute atomic E-state index is 2.24. The molecule has 106 valence electrons. The normalized spacial score (nSPS) is 13.5. The summed E-state index contributed by atoms with van der Waals surface area (Å²) in [6.45, 7) is 0. The summed E-state index contributed by atoms with van der Waals surface area (Å²) in [4.78, 5) is 1.28. The zero-order valence-corrected chi connectivity index (χ0v) is 12.8. The van der Waals surface area contributed by atoms with E-state index < -0.39 is 0 Å². The van der Waals surface area contributed by atoms with Crippen LogP contribution in [0.4, 0.5) is 5.69 Å². The van der Waals surface area contributed by atoms with Crippen LogP contribution in [-0.2, 0) is 0 Å². The predicted molar refractivity (Wildman–Crippen MR) is 94.7 cm³/mol. The number of para-hydroxylation sites is 1. The monoisotopic (exact) mass is 301 g/mol. The minimum Gasteiger partial charge on any atom is -0.287 e. The van der Waals surface area contributed by atoms with Crippen molar-refractivity contribution in [1.29, 1.82) is 0 Å². The third-order valence-electron chi connectivity index (χ3n) is 3.72. The molecule has 0 saturated carbocycles. The number of benzene rings is 3. The van der Waals surface area contributed by atoms with Crippen LogP contribution in [-0.4, -0.2) is 0 Å². The van der Waals surface area contributed by atoms with E-state index in [0.29, 0.717) is 0 Å². The lowest BCUT2D eigenvalue weighted by Crippen LogP contribution is -2.12. The average Bonchev–Trinajstić information content (AvgIpc) is 2.62. The number of anilines is 1. The summed E-state index contributed by atoms with van der Waals surface area (Å²) in [5, 5.41) is 0. The molecule has 1 aliphatic rings. The van der Waals surface area contributed by atoms with Crippen LogP contribution in [0.1, 0.15) is 11.1 Å². The third kappa shape index (κ3) is 2.42. The summed E-state index contributed by atoms with van der Waals surface area (Å²) in [7, 11) is 0. The lowest BCUT2D eigenvalue weighted by atomic mass is 9.98. The van der Waals surface area contributed by atoms with E-state index in [1.807, 2.05) is 6.07 Å². The Hall–Kier alpha value is -2.45. The summed E-state index contributed by atoms with van der Waals surface area (Å²) in [5.74, 6) is 0. The molecule has 1 aliphatic heterocycles. The summed E-state index contributed by atoms with van der Waals surface area (Å²) in [6.07, 6.45) is 2.23. The summed E-state index contributed by atoms with van der Waals surface area (Å²) in [5.41, 5.74) is 5.00. The van der Waals surface area contributed by atoms with Gasteiger partial charge in [0, 0.05) is 16.7 Å². The smallest absolute Gasteiger partial charge is 0.0521 e. The van der Waals surface area contributed by atoms with Crippen molar-refractivity contribution in [3.63, 3.8) is 0 Å². The lowest BCUT2D eigenvalue weighted by Gasteiger charge is -2.27. The molecular formula is C20H15NS. The van der Waals surface area contributed by atoms with Crippen molar-refractivity contribution in [2.45, 2.75) is 4.90 Å². The molecule has 0 bridgehead atoms. The Kier molecular flexibility index (Phi) is 3.45. The zero-order valence-electron chi connectivity index (χ0n) is 12.0. The van der Waals surface area contributed by atoms with Gasteiger partial charge < -0.3 is 0 Å². The molecule has 22 heavy (non-hydrogen) atoms. The maximum atomic E-state index is 2.24. The predicted octanol–water partition coefficient (Wildman–Crippen LogP) is 5.60. The molecule has 1 heterocycles. The molecule has 1 nitrogen and oxygen atoms in total. The number of rotatable bonds is 2. The Morgan fingerprint density at radius 1 is 0.636 bits per heavy atom. The Bertz CT molecular complexity index is 809. The number of hydrogen-bond donors (Lipinski definition) is 0. The van der Waals surface area contributed by atoms with E-state index in [4.69, 9.17) is 0 Å². The maximum Gasteiger partial charge on any atom is 0.0521 e. The fraction of sp³-hybridized carbons (Fsp3) is 0. The van der Waals surface area contributed by atoms with Crippen LogP contribution in [0.5, 0.6) is 0 Å². The van der Waals surface area contributed by atoms with E-state index in [2.05, 4.69) is 89.4 Å². The molecule has 0 saturated heterocycles. The van der Waals surface area contributed by atoms with Crippen LogP contribution in [0.2, 0.25) is 0 Å². The van der Waals surface area contributed by atoms with E-state index in [9.17, 15) is 0 Å². The van der Waals surface area contributed by atoms with Crippen molar-refractivity contribution in [1.82, 2.24) is 0 Å². The molecular weight excluding hydrogens is 286 g/mol. The molecule has 3 aromatic rings. The quantitative estimate of drug-likeness (QED) is 0.566. The van der Waals surface area contributed by atoms with Crippen molar-refractivity contribution in [2.24, 2.45) is 0 Å². The number of fused-ring (bicyclic) bond motifs is 1. The average molecular weight is 301 g/mol. The molecule has 0 N–H and O–H groups in total. The minimum absolute atomic E-state index is 1.19. The highest BCUT2D eigenvalue weighted by molar-refractivity contribution is 8.01. The van der Waals surface area contributed by atoms with Gasteiger partial charge >= 0.3 is 0 Å². The Morgan fingerprint density at radius 3 is 2.05 bits per heavy atom. The zero-order chi connectivity index (χ0) is 14.8. The van der Waals surface area contributed by atoms with Crippen molar-refractivity contribution in [3.05, 3.63) is 102 Å². The molecule has 0 atom stereocenters. The van der Waals surface area contributed by atoms with E-state index in [1.54, 1.807) is 11.9 Å². The third-order valence-corrected chi connectivity index (χ3v) is 4.78. The van der Waals surface area contributed by atoms with Gasteiger partial charge in [0.05, 0.1) is 5.69 Å². The topological polar surface area (TPSA) is 3.24 Å². The van der Waals surface area contributed by atoms with Gasteiger partial charge in [0.15, 0.2) is 0 Å². The fourth-order valence-electron chi connectivity index (χ4n) is 2.64. The van der Waals surface area contributed by atoms with Gasteiger partial charge in [-0.2, -0.15) is 0 Å². The molecule has 0 radical (unpaired) electrons. The van der Waals surface area contributed by atoms with Gasteiger partial charge in [-0.1, -0.05) is 66.7 Å². The van der Waals surface area contributed by atoms with Crippen molar-refractivity contribution < 1.29 is 0 Å². The standard InChI is InChI=1S/C20H15NS/c1-3-9-16(10-4-1)19-15-21(17-11-5-2-6-12-17)22-20-14-8-7-13-18(19)20/h1-15H. The molecule has 0 aromatic heterocycles. The second kappa shape index (κ2) is 5.74. The summed E-state index contributed by atoms with van der Waals surface area (Å²) in [6, 6.07) is 29.6. The van der Waals surface area contributed by atoms with Gasteiger partial charge in [-0.15, -0.1) is 0 Å². The second-order valence-electron chi connectivity index (χ2n) is 5.16. The van der Waals surface area contributed by atoms with Crippen LogP contribution in [0.15, 0.2) is 96.0 Å². The molecule has 2 heteroatoms. The van der Waals surface area contributed by atoms with Crippen LogP contribution < -0.4 is 4.31 Å². The highest BCUT2D eigenvalue weighted by Gasteiger charge is 2.19. The first-order valence-electron chi connectivity index (χ1n) is 7.31. The van der Waals surface area contributed by atoms with Gasteiger partial charge in [-0.3, -0.25) is 4.31 Å². The van der Waals surface area contributed by atoms with Gasteiger partial charge in [0.2, 0.25) is 0 Å². The van der Waals surface area contributed by atoms with E-state index in [1.165, 1.54) is 27.3 Å². The first kappa shape index (κ1) is 13.2. The lowest BCUT2D eigenvalue weighted by molar-refractivity contribution is 1.31. The SMILES string of the molecule is C1=C(c2ccccc2)c2ccccc2SN1c1ccccc1. The molecule has 0 amide bonds. The van der Waals surface area contributed by atoms with Crippen LogP contribution in [0.3, 0.4) is 0 Å². The largest absolute Gasteiger partial charge is 0.287 e. The Morgan fingerprint density at radius 2 is 1.27 bits per heavy atom. The Balaban J connectivity index is 1.86. The van der Waals surface area contributed by atoms with E-state index >= 15 is 0 Å². The van der Waals surface area contributed by atoms with Gasteiger partial charge in [0.25, 0.3) is 0 Å². The van der Waals surface area contributed by atoms with Crippen molar-refractivity contribution in [2.75, 3.05) is 4.31 Å². The molecule has 4 rings (SSSR count). The fourth-order valence-corrected chi connectivity index (χ4v) is 3.65. The van der Waals surface area contributed by atoms with Crippen LogP contribution in [0.25, 0.3) is 5.57 Å². The van der Waals surface area contributed by atoms with E-state index in [0.717, 1.165) is 0 Å². The summed E-state index contributed by atoms with van der Waals surface area (Å²) < 4.78 is 2.24. The van der Waals surface area contributed by atoms with Crippen LogP contribution >= 0.6 is 11.9 Å². The molecule has 3 aromatic carbocycles. The molecule has 0 unspecified atom stereocenters. The van der Waals surface area contributed by atoms with Gasteiger partial charge in [-0.05, 0) is 41.3 Å². The van der Waals surface area contributed by atoms with Crippen molar-refractivity contribution in [3.8, 4) is 0 Å². The second-order valence-corrected chi connectivity index (χ2v) is 6.17. The summed E-state index contributed by atoms with van der Waals surface area (Å²) >= 11 is 1.77. The van der Waals surface area contributed by atoms with Crippen LogP contribution in [0, 0.1) is 0 Å². The van der Waals surface area contributed by atoms with Crippen molar-refractivity contribution >= 4 is 23.2 Å². The molecule has 0 fully saturated rings. The minimum atomic E-state index is 1.19.